The molecule has 0 radical (unpaired) electrons. The van der Waals surface area contributed by atoms with Crippen LogP contribution in [0.1, 0.15) is 27.8 Å². The molecule has 5 rings (SSSR count). The van der Waals surface area contributed by atoms with Crippen LogP contribution in [0.3, 0.4) is 0 Å². The van der Waals surface area contributed by atoms with E-state index in [1.165, 1.54) is 16.0 Å². The highest BCUT2D eigenvalue weighted by Crippen LogP contribution is 2.38. The molecule has 2 heterocycles. The number of carbonyl (C=O) groups is 2. The fraction of sp³-hybridized carbons (Fsp3) is 0.214. The molecule has 0 unspecified atom stereocenters. The zero-order valence-electron chi connectivity index (χ0n) is 19.1. The van der Waals surface area contributed by atoms with Crippen molar-refractivity contribution < 1.29 is 14.3 Å². The Balaban J connectivity index is 1.65. The third kappa shape index (κ3) is 3.59. The lowest BCUT2D eigenvalue weighted by molar-refractivity contribution is -0.120. The number of fused-ring (bicyclic) bond motifs is 1. The number of imide groups is 1. The van der Waals surface area contributed by atoms with Crippen LogP contribution in [0.15, 0.2) is 72.4 Å². The molecule has 0 aromatic heterocycles. The minimum absolute atomic E-state index is 0.289. The lowest BCUT2D eigenvalue weighted by Gasteiger charge is -2.31. The summed E-state index contributed by atoms with van der Waals surface area (Å²) >= 11 is 0. The van der Waals surface area contributed by atoms with E-state index in [2.05, 4.69) is 23.1 Å². The van der Waals surface area contributed by atoms with Crippen LogP contribution in [0, 0.1) is 13.8 Å². The Labute approximate surface area is 193 Å². The van der Waals surface area contributed by atoms with Crippen LogP contribution in [0.4, 0.5) is 5.69 Å². The summed E-state index contributed by atoms with van der Waals surface area (Å²) in [5.41, 5.74) is 6.85. The van der Waals surface area contributed by atoms with Gasteiger partial charge >= 0.3 is 0 Å². The fourth-order valence-electron chi connectivity index (χ4n) is 4.82. The molecule has 0 saturated heterocycles. The van der Waals surface area contributed by atoms with Crippen LogP contribution in [0.25, 0.3) is 5.57 Å². The van der Waals surface area contributed by atoms with Crippen molar-refractivity contribution in [3.05, 3.63) is 100 Å². The van der Waals surface area contributed by atoms with Gasteiger partial charge in [0, 0.05) is 19.2 Å². The lowest BCUT2D eigenvalue weighted by Crippen LogP contribution is -2.37. The number of rotatable bonds is 4. The highest BCUT2D eigenvalue weighted by Gasteiger charge is 2.43. The van der Waals surface area contributed by atoms with E-state index in [-0.39, 0.29) is 11.8 Å². The van der Waals surface area contributed by atoms with Crippen molar-refractivity contribution in [2.24, 2.45) is 0 Å². The third-order valence-corrected chi connectivity index (χ3v) is 6.47. The van der Waals surface area contributed by atoms with Crippen LogP contribution in [0.2, 0.25) is 0 Å². The molecule has 0 spiro atoms. The predicted molar refractivity (Wildman–Crippen MR) is 129 cm³/mol. The number of nitrogens with zero attached hydrogens (tertiary/aromatic N) is 2. The van der Waals surface area contributed by atoms with Crippen LogP contribution in [-0.2, 0) is 22.6 Å². The van der Waals surface area contributed by atoms with Crippen molar-refractivity contribution in [2.45, 2.75) is 26.8 Å². The number of ether oxygens (including phenoxy) is 1. The van der Waals surface area contributed by atoms with Crippen LogP contribution >= 0.6 is 0 Å². The molecule has 0 aliphatic carbocycles. The van der Waals surface area contributed by atoms with E-state index in [4.69, 9.17) is 4.74 Å². The van der Waals surface area contributed by atoms with Crippen molar-refractivity contribution in [1.29, 1.82) is 0 Å². The van der Waals surface area contributed by atoms with Crippen LogP contribution in [-0.4, -0.2) is 30.4 Å². The van der Waals surface area contributed by atoms with Gasteiger partial charge in [-0.2, -0.15) is 0 Å². The standard InChI is InChI=1S/C28H26N2O3/c1-18-11-12-24(19(2)15-18)25-26(29-14-13-20-7-4-5-8-21(20)17-29)28(32)30(27(25)31)22-9-6-10-23(16-22)33-3/h4-12,15-16H,13-14,17H2,1-3H3. The maximum atomic E-state index is 13.9. The zero-order valence-corrected chi connectivity index (χ0v) is 19.1. The van der Waals surface area contributed by atoms with Gasteiger partial charge in [-0.25, -0.2) is 4.90 Å². The molecular formula is C28H26N2O3. The van der Waals surface area contributed by atoms with Gasteiger partial charge in [-0.1, -0.05) is 54.1 Å². The number of carbonyl (C=O) groups excluding carboxylic acids is 2. The maximum absolute atomic E-state index is 13.9. The minimum atomic E-state index is -0.297. The van der Waals surface area contributed by atoms with Crippen LogP contribution in [0.5, 0.6) is 5.75 Å². The van der Waals surface area contributed by atoms with Gasteiger partial charge < -0.3 is 9.64 Å². The molecule has 5 heteroatoms. The maximum Gasteiger partial charge on any atom is 0.282 e. The largest absolute Gasteiger partial charge is 0.497 e. The number of hydrogen-bond acceptors (Lipinski definition) is 4. The first-order chi connectivity index (χ1) is 16.0. The number of amides is 2. The van der Waals surface area contributed by atoms with Crippen molar-refractivity contribution >= 4 is 23.1 Å². The molecule has 2 amide bonds. The minimum Gasteiger partial charge on any atom is -0.497 e. The Morgan fingerprint density at radius 1 is 0.848 bits per heavy atom. The molecule has 0 saturated carbocycles. The topological polar surface area (TPSA) is 49.9 Å². The molecule has 2 aliphatic rings. The average molecular weight is 439 g/mol. The second-order valence-electron chi connectivity index (χ2n) is 8.63. The lowest BCUT2D eigenvalue weighted by atomic mass is 9.95. The van der Waals surface area contributed by atoms with E-state index in [1.54, 1.807) is 31.4 Å². The molecule has 2 aliphatic heterocycles. The Bertz CT molecular complexity index is 1310. The number of benzene rings is 3. The summed E-state index contributed by atoms with van der Waals surface area (Å²) in [7, 11) is 1.57. The predicted octanol–water partition coefficient (Wildman–Crippen LogP) is 4.65. The summed E-state index contributed by atoms with van der Waals surface area (Å²) in [6, 6.07) is 21.4. The molecule has 0 bridgehead atoms. The van der Waals surface area contributed by atoms with Gasteiger partial charge in [0.2, 0.25) is 0 Å². The zero-order chi connectivity index (χ0) is 23.1. The number of anilines is 1. The Morgan fingerprint density at radius 3 is 2.39 bits per heavy atom. The molecule has 0 fully saturated rings. The molecule has 33 heavy (non-hydrogen) atoms. The smallest absolute Gasteiger partial charge is 0.282 e. The van der Waals surface area contributed by atoms with E-state index < -0.39 is 0 Å². The highest BCUT2D eigenvalue weighted by atomic mass is 16.5. The molecule has 3 aromatic carbocycles. The van der Waals surface area contributed by atoms with E-state index in [9.17, 15) is 9.59 Å². The monoisotopic (exact) mass is 438 g/mol. The van der Waals surface area contributed by atoms with E-state index in [0.29, 0.717) is 35.8 Å². The molecule has 5 nitrogen and oxygen atoms in total. The van der Waals surface area contributed by atoms with Gasteiger partial charge in [0.1, 0.15) is 11.4 Å². The second kappa shape index (κ2) is 8.24. The van der Waals surface area contributed by atoms with Gasteiger partial charge in [-0.05, 0) is 54.7 Å². The van der Waals surface area contributed by atoms with Gasteiger partial charge in [0.25, 0.3) is 11.8 Å². The molecular weight excluding hydrogens is 412 g/mol. The first-order valence-corrected chi connectivity index (χ1v) is 11.1. The van der Waals surface area contributed by atoms with Gasteiger partial charge in [0.15, 0.2) is 0 Å². The fourth-order valence-corrected chi connectivity index (χ4v) is 4.82. The Hall–Kier alpha value is -3.86. The van der Waals surface area contributed by atoms with Gasteiger partial charge in [-0.3, -0.25) is 9.59 Å². The van der Waals surface area contributed by atoms with Crippen molar-refractivity contribution in [3.63, 3.8) is 0 Å². The molecule has 0 atom stereocenters. The van der Waals surface area contributed by atoms with Crippen molar-refractivity contribution in [2.75, 3.05) is 18.6 Å². The highest BCUT2D eigenvalue weighted by molar-refractivity contribution is 6.45. The molecule has 0 N–H and O–H groups in total. The van der Waals surface area contributed by atoms with E-state index in [0.717, 1.165) is 23.1 Å². The summed E-state index contributed by atoms with van der Waals surface area (Å²) in [5, 5.41) is 0. The first-order valence-electron chi connectivity index (χ1n) is 11.1. The SMILES string of the molecule is COc1cccc(N2C(=O)C(c3ccc(C)cc3C)=C(N3CCc4ccccc4C3)C2=O)c1. The van der Waals surface area contributed by atoms with Gasteiger partial charge in [-0.15, -0.1) is 0 Å². The van der Waals surface area contributed by atoms with Crippen LogP contribution < -0.4 is 9.64 Å². The number of aryl methyl sites for hydroxylation is 2. The molecule has 166 valence electrons. The summed E-state index contributed by atoms with van der Waals surface area (Å²) in [4.78, 5) is 31.0. The summed E-state index contributed by atoms with van der Waals surface area (Å²) in [6.07, 6.45) is 0.834. The quantitative estimate of drug-likeness (QED) is 0.556. The normalized spacial score (nSPS) is 15.8. The van der Waals surface area contributed by atoms with E-state index in [1.807, 2.05) is 38.1 Å². The van der Waals surface area contributed by atoms with Crippen molar-refractivity contribution in [1.82, 2.24) is 4.90 Å². The summed E-state index contributed by atoms with van der Waals surface area (Å²) in [6.45, 7) is 5.30. The summed E-state index contributed by atoms with van der Waals surface area (Å²) in [5.74, 6) is 0.0122. The second-order valence-corrected chi connectivity index (χ2v) is 8.63. The Morgan fingerprint density at radius 2 is 1.64 bits per heavy atom. The summed E-state index contributed by atoms with van der Waals surface area (Å²) < 4.78 is 5.34. The van der Waals surface area contributed by atoms with E-state index >= 15 is 0 Å². The van der Waals surface area contributed by atoms with Gasteiger partial charge in [0.05, 0.1) is 18.4 Å². The van der Waals surface area contributed by atoms with Crippen molar-refractivity contribution in [3.8, 4) is 5.75 Å². The number of methoxy groups -OCH3 is 1. The first kappa shape index (κ1) is 21.0. The Kier molecular flexibility index (Phi) is 5.25. The third-order valence-electron chi connectivity index (χ3n) is 6.47. The number of hydrogen-bond donors (Lipinski definition) is 0. The average Bonchev–Trinajstić information content (AvgIpc) is 3.08. The molecule has 3 aromatic rings.